The number of fused-ring (bicyclic) bond motifs is 1. The number of aromatic nitrogens is 1. The molecule has 0 radical (unpaired) electrons. The molecule has 1 aliphatic rings. The van der Waals surface area contributed by atoms with Crippen molar-refractivity contribution in [3.63, 3.8) is 0 Å². The van der Waals surface area contributed by atoms with Gasteiger partial charge in [0.15, 0.2) is 6.61 Å². The van der Waals surface area contributed by atoms with Gasteiger partial charge in [0.2, 0.25) is 6.29 Å². The van der Waals surface area contributed by atoms with Crippen LogP contribution in [0.4, 0.5) is 4.79 Å². The highest BCUT2D eigenvalue weighted by atomic mass is 16.8. The van der Waals surface area contributed by atoms with E-state index in [1.54, 1.807) is 18.3 Å². The maximum atomic E-state index is 13.3. The van der Waals surface area contributed by atoms with Crippen molar-refractivity contribution >= 4 is 29.3 Å². The maximum absolute atomic E-state index is 13.3. The fraction of sp³-hybridized carbons (Fsp3) is 0.314. The third-order valence-corrected chi connectivity index (χ3v) is 7.87. The van der Waals surface area contributed by atoms with Crippen molar-refractivity contribution < 1.29 is 38.1 Å². The summed E-state index contributed by atoms with van der Waals surface area (Å²) in [4.78, 5) is 50.1. The monoisotopic (exact) mass is 612 g/mol. The van der Waals surface area contributed by atoms with Gasteiger partial charge in [-0.05, 0) is 66.5 Å². The first kappa shape index (κ1) is 31.3. The molecule has 1 atom stereocenters. The molecule has 1 amide bonds. The molecule has 1 unspecified atom stereocenters. The molecule has 1 saturated carbocycles. The highest BCUT2D eigenvalue weighted by Crippen LogP contribution is 2.35. The fourth-order valence-electron chi connectivity index (χ4n) is 5.89. The predicted molar refractivity (Wildman–Crippen MR) is 166 cm³/mol. The molecule has 10 nitrogen and oxygen atoms in total. The van der Waals surface area contributed by atoms with Crippen LogP contribution in [0.2, 0.25) is 0 Å². The lowest BCUT2D eigenvalue weighted by molar-refractivity contribution is -0.171. The number of primary amides is 1. The second kappa shape index (κ2) is 14.1. The summed E-state index contributed by atoms with van der Waals surface area (Å²) in [5.41, 5.74) is 10.5. The average Bonchev–Trinajstić information content (AvgIpc) is 3.66. The Morgan fingerprint density at radius 3 is 2.36 bits per heavy atom. The molecular weight excluding hydrogens is 576 g/mol. The first-order valence-electron chi connectivity index (χ1n) is 15.1. The zero-order chi connectivity index (χ0) is 31.9. The van der Waals surface area contributed by atoms with Crippen molar-refractivity contribution in [2.45, 2.75) is 64.8 Å². The van der Waals surface area contributed by atoms with Gasteiger partial charge in [-0.3, -0.25) is 9.59 Å². The largest absolute Gasteiger partial charge is 0.511 e. The van der Waals surface area contributed by atoms with Gasteiger partial charge in [-0.1, -0.05) is 61.5 Å². The first-order valence-corrected chi connectivity index (χ1v) is 15.1. The Kier molecular flexibility index (Phi) is 9.82. The van der Waals surface area contributed by atoms with Crippen LogP contribution in [-0.2, 0) is 36.6 Å². The third-order valence-electron chi connectivity index (χ3n) is 7.87. The van der Waals surface area contributed by atoms with Crippen molar-refractivity contribution in [3.05, 3.63) is 95.3 Å². The van der Waals surface area contributed by atoms with Gasteiger partial charge in [-0.25, -0.2) is 9.59 Å². The number of hydrogen-bond acceptors (Lipinski definition) is 8. The van der Waals surface area contributed by atoms with Crippen molar-refractivity contribution in [3.8, 4) is 16.9 Å². The number of hydrogen-bond donors (Lipinski definition) is 1. The Labute approximate surface area is 261 Å². The Bertz CT molecular complexity index is 1710. The number of esters is 1. The lowest BCUT2D eigenvalue weighted by atomic mass is 9.94. The zero-order valence-electron chi connectivity index (χ0n) is 25.3. The molecule has 2 aromatic heterocycles. The molecule has 4 aromatic rings. The van der Waals surface area contributed by atoms with Crippen LogP contribution in [0.25, 0.3) is 16.6 Å². The molecule has 2 N–H and O–H groups in total. The maximum Gasteiger partial charge on any atom is 0.511 e. The summed E-state index contributed by atoms with van der Waals surface area (Å²) in [5.74, 6) is -2.57. The Hall–Kier alpha value is -5.12. The number of carbonyl (C=O) groups is 4. The van der Waals surface area contributed by atoms with Crippen LogP contribution >= 0.6 is 0 Å². The summed E-state index contributed by atoms with van der Waals surface area (Å²) in [6.07, 6.45) is 3.92. The van der Waals surface area contributed by atoms with Gasteiger partial charge in [0.25, 0.3) is 11.7 Å². The summed E-state index contributed by atoms with van der Waals surface area (Å²) >= 11 is 0. The van der Waals surface area contributed by atoms with Gasteiger partial charge in [0.1, 0.15) is 11.9 Å². The van der Waals surface area contributed by atoms with Crippen LogP contribution in [0.3, 0.4) is 0 Å². The van der Waals surface area contributed by atoms with Gasteiger partial charge in [0, 0.05) is 25.2 Å². The van der Waals surface area contributed by atoms with Crippen molar-refractivity contribution in [1.82, 2.24) is 4.40 Å². The van der Waals surface area contributed by atoms with Crippen molar-refractivity contribution in [2.24, 2.45) is 5.73 Å². The van der Waals surface area contributed by atoms with E-state index in [9.17, 15) is 19.2 Å². The van der Waals surface area contributed by atoms with Crippen LogP contribution < -0.4 is 10.5 Å². The van der Waals surface area contributed by atoms with Crippen molar-refractivity contribution in [2.75, 3.05) is 6.61 Å². The number of nitrogens with zero attached hydrogens (tertiary/aromatic N) is 1. The van der Waals surface area contributed by atoms with E-state index in [0.29, 0.717) is 23.9 Å². The number of rotatable bonds is 12. The Morgan fingerprint density at radius 2 is 1.64 bits per heavy atom. The smallest absolute Gasteiger partial charge is 0.480 e. The van der Waals surface area contributed by atoms with E-state index in [4.69, 9.17) is 24.7 Å². The minimum Gasteiger partial charge on any atom is -0.480 e. The van der Waals surface area contributed by atoms with Crippen LogP contribution in [0, 0.1) is 0 Å². The summed E-state index contributed by atoms with van der Waals surface area (Å²) < 4.78 is 23.1. The normalized spacial score (nSPS) is 13.7. The third kappa shape index (κ3) is 7.17. The highest BCUT2D eigenvalue weighted by Gasteiger charge is 2.29. The number of nitrogens with two attached hydrogens (primary N) is 1. The summed E-state index contributed by atoms with van der Waals surface area (Å²) in [5, 5.41) is 0. The molecule has 2 aromatic carbocycles. The molecular formula is C35H36N2O8. The van der Waals surface area contributed by atoms with Gasteiger partial charge in [-0.2, -0.15) is 0 Å². The number of pyridine rings is 1. The van der Waals surface area contributed by atoms with Gasteiger partial charge in [-0.15, -0.1) is 0 Å². The number of ketones is 1. The molecule has 45 heavy (non-hydrogen) atoms. The van der Waals surface area contributed by atoms with Gasteiger partial charge in [0.05, 0.1) is 11.1 Å². The van der Waals surface area contributed by atoms with Crippen LogP contribution in [0.1, 0.15) is 66.7 Å². The second-order valence-electron chi connectivity index (χ2n) is 10.9. The first-order chi connectivity index (χ1) is 21.8. The molecule has 5 rings (SSSR count). The van der Waals surface area contributed by atoms with E-state index >= 15 is 0 Å². The molecule has 234 valence electrons. The number of amides is 1. The molecule has 1 fully saturated rings. The standard InChI is InChI=1S/C35H36N2O8/c1-3-26-28(20-24-14-7-10-17-27(24)23-12-5-4-6-13-23)37-19-11-18-29(32(37)31(26)33(39)34(36)40)42-21-30(38)43-22(2)44-35(41)45-25-15-8-9-16-25/h4-7,10-14,17-19,22,25H,3,8-9,15-16,20-21H2,1-2H3,(H2,36,40). The molecule has 10 heteroatoms. The summed E-state index contributed by atoms with van der Waals surface area (Å²) in [6, 6.07) is 21.3. The van der Waals surface area contributed by atoms with Gasteiger partial charge < -0.3 is 29.1 Å². The summed E-state index contributed by atoms with van der Waals surface area (Å²) in [6.45, 7) is 2.75. The average molecular weight is 613 g/mol. The van der Waals surface area contributed by atoms with E-state index < -0.39 is 36.7 Å². The summed E-state index contributed by atoms with van der Waals surface area (Å²) in [7, 11) is 0. The lowest BCUT2D eigenvalue weighted by Crippen LogP contribution is -2.27. The number of carbonyl (C=O) groups excluding carboxylic acids is 4. The minimum atomic E-state index is -1.20. The fourth-order valence-corrected chi connectivity index (χ4v) is 5.89. The highest BCUT2D eigenvalue weighted by molar-refractivity contribution is 6.44. The molecule has 0 saturated heterocycles. The zero-order valence-corrected chi connectivity index (χ0v) is 25.3. The number of Topliss-reactive ketones (excluding diaryl/α,β-unsaturated/α-hetero) is 1. The van der Waals surface area contributed by atoms with Crippen LogP contribution in [0.15, 0.2) is 72.9 Å². The van der Waals surface area contributed by atoms with Crippen LogP contribution in [0.5, 0.6) is 5.75 Å². The van der Waals surface area contributed by atoms with E-state index in [0.717, 1.165) is 48.1 Å². The topological polar surface area (TPSA) is 136 Å². The number of ether oxygens (including phenoxy) is 4. The quantitative estimate of drug-likeness (QED) is 0.0919. The van der Waals surface area contributed by atoms with E-state index in [1.807, 2.05) is 65.9 Å². The van der Waals surface area contributed by atoms with Crippen molar-refractivity contribution in [1.29, 1.82) is 0 Å². The predicted octanol–water partition coefficient (Wildman–Crippen LogP) is 5.79. The lowest BCUT2D eigenvalue weighted by Gasteiger charge is -2.16. The minimum absolute atomic E-state index is 0.132. The van der Waals surface area contributed by atoms with Gasteiger partial charge >= 0.3 is 12.1 Å². The molecule has 2 heterocycles. The van der Waals surface area contributed by atoms with Crippen LogP contribution in [-0.4, -0.2) is 47.2 Å². The molecule has 0 spiro atoms. The SMILES string of the molecule is CCc1c(C(=O)C(N)=O)c2c(OCC(=O)OC(C)OC(=O)OC3CCCC3)cccn2c1Cc1ccccc1-c1ccccc1. The number of benzene rings is 2. The Morgan fingerprint density at radius 1 is 0.933 bits per heavy atom. The van der Waals surface area contributed by atoms with E-state index in [-0.39, 0.29) is 17.4 Å². The molecule has 1 aliphatic carbocycles. The second-order valence-corrected chi connectivity index (χ2v) is 10.9. The Balaban J connectivity index is 1.41. The molecule has 0 aliphatic heterocycles. The molecule has 0 bridgehead atoms. The van der Waals surface area contributed by atoms with E-state index in [1.165, 1.54) is 6.92 Å². The van der Waals surface area contributed by atoms with E-state index in [2.05, 4.69) is 0 Å².